The molecular weight excluding hydrogens is 439 g/mol. The third-order valence-electron chi connectivity index (χ3n) is 5.28. The van der Waals surface area contributed by atoms with Crippen LogP contribution in [0.4, 0.5) is 0 Å². The third kappa shape index (κ3) is 5.22. The number of oxazole rings is 1. The molecule has 1 aliphatic rings. The summed E-state index contributed by atoms with van der Waals surface area (Å²) in [5.74, 6) is 1.47. The van der Waals surface area contributed by atoms with Gasteiger partial charge in [-0.05, 0) is 36.8 Å². The van der Waals surface area contributed by atoms with Crippen LogP contribution < -0.4 is 10.6 Å². The molecule has 2 N–H and O–H groups in total. The lowest BCUT2D eigenvalue weighted by molar-refractivity contribution is 0.283. The Kier molecular flexibility index (Phi) is 7.93. The summed E-state index contributed by atoms with van der Waals surface area (Å²) < 4.78 is 5.58. The summed E-state index contributed by atoms with van der Waals surface area (Å²) in [5.41, 5.74) is 2.29. The van der Waals surface area contributed by atoms with Crippen LogP contribution in [-0.4, -0.2) is 24.5 Å². The molecule has 1 saturated carbocycles. The lowest BCUT2D eigenvalue weighted by Crippen LogP contribution is -2.42. The van der Waals surface area contributed by atoms with Gasteiger partial charge in [0, 0.05) is 19.2 Å². The van der Waals surface area contributed by atoms with Crippen LogP contribution in [-0.2, 0) is 6.54 Å². The van der Waals surface area contributed by atoms with Crippen molar-refractivity contribution in [3.05, 3.63) is 42.3 Å². The van der Waals surface area contributed by atoms with E-state index in [0.717, 1.165) is 23.8 Å². The zero-order valence-corrected chi connectivity index (χ0v) is 18.0. The summed E-state index contributed by atoms with van der Waals surface area (Å²) in [6.07, 6.45) is 8.26. The fraction of sp³-hybridized carbons (Fsp3) is 0.500. The van der Waals surface area contributed by atoms with Crippen molar-refractivity contribution >= 4 is 29.9 Å². The second-order valence-electron chi connectivity index (χ2n) is 6.85. The Labute approximate surface area is 173 Å². The molecule has 3 rings (SSSR count). The Morgan fingerprint density at radius 1 is 1.19 bits per heavy atom. The first-order valence-corrected chi connectivity index (χ1v) is 9.19. The fourth-order valence-corrected chi connectivity index (χ4v) is 3.55. The number of aromatic nitrogens is 1. The van der Waals surface area contributed by atoms with Crippen molar-refractivity contribution in [2.24, 2.45) is 10.4 Å². The van der Waals surface area contributed by atoms with Gasteiger partial charge in [0.15, 0.2) is 5.96 Å². The van der Waals surface area contributed by atoms with Crippen molar-refractivity contribution < 1.29 is 4.42 Å². The highest BCUT2D eigenvalue weighted by Crippen LogP contribution is 2.40. The van der Waals surface area contributed by atoms with E-state index in [1.165, 1.54) is 32.1 Å². The Hall–Kier alpha value is -1.57. The second kappa shape index (κ2) is 9.94. The van der Waals surface area contributed by atoms with Crippen molar-refractivity contribution in [3.63, 3.8) is 0 Å². The van der Waals surface area contributed by atoms with Crippen LogP contribution in [0.3, 0.4) is 0 Å². The Balaban J connectivity index is 0.00000243. The van der Waals surface area contributed by atoms with E-state index in [2.05, 4.69) is 27.5 Å². The highest BCUT2D eigenvalue weighted by atomic mass is 127. The Bertz CT molecular complexity index is 693. The van der Waals surface area contributed by atoms with Gasteiger partial charge >= 0.3 is 0 Å². The summed E-state index contributed by atoms with van der Waals surface area (Å²) in [6, 6.07) is 9.94. The number of hydrogen-bond donors (Lipinski definition) is 2. The molecule has 0 bridgehead atoms. The molecule has 0 amide bonds. The zero-order chi connectivity index (χ0) is 17.5. The number of nitrogens with one attached hydrogen (secondary N) is 2. The number of hydrogen-bond acceptors (Lipinski definition) is 3. The summed E-state index contributed by atoms with van der Waals surface area (Å²) in [5, 5.41) is 6.82. The van der Waals surface area contributed by atoms with Gasteiger partial charge in [-0.3, -0.25) is 4.99 Å². The van der Waals surface area contributed by atoms with Crippen LogP contribution in [0.1, 0.15) is 44.7 Å². The quantitative estimate of drug-likeness (QED) is 0.370. The van der Waals surface area contributed by atoms with Gasteiger partial charge in [0.25, 0.3) is 0 Å². The minimum Gasteiger partial charge on any atom is -0.444 e. The predicted molar refractivity (Wildman–Crippen MR) is 117 cm³/mol. The van der Waals surface area contributed by atoms with E-state index in [-0.39, 0.29) is 24.0 Å². The molecule has 0 radical (unpaired) electrons. The zero-order valence-electron chi connectivity index (χ0n) is 15.6. The average Bonchev–Trinajstić information content (AvgIpc) is 3.33. The molecule has 1 aromatic carbocycles. The predicted octanol–water partition coefficient (Wildman–Crippen LogP) is 4.60. The van der Waals surface area contributed by atoms with Gasteiger partial charge in [0.05, 0.1) is 12.2 Å². The Morgan fingerprint density at radius 2 is 1.92 bits per heavy atom. The molecule has 1 heterocycles. The Morgan fingerprint density at radius 3 is 2.58 bits per heavy atom. The number of guanidine groups is 1. The summed E-state index contributed by atoms with van der Waals surface area (Å²) in [6.45, 7) is 3.87. The van der Waals surface area contributed by atoms with Gasteiger partial charge in [-0.1, -0.05) is 38.0 Å². The van der Waals surface area contributed by atoms with Gasteiger partial charge in [-0.25, -0.2) is 4.98 Å². The summed E-state index contributed by atoms with van der Waals surface area (Å²) >= 11 is 0. The SMILES string of the molecule is CCC1(CNC(=NC)NCc2coc(-c3ccccc3)n2)CCCC1.I. The molecule has 0 saturated heterocycles. The van der Waals surface area contributed by atoms with E-state index in [4.69, 9.17) is 4.42 Å². The molecule has 5 nitrogen and oxygen atoms in total. The van der Waals surface area contributed by atoms with Gasteiger partial charge in [0.2, 0.25) is 5.89 Å². The fourth-order valence-electron chi connectivity index (χ4n) is 3.55. The van der Waals surface area contributed by atoms with E-state index in [9.17, 15) is 0 Å². The number of rotatable bonds is 6. The van der Waals surface area contributed by atoms with Gasteiger partial charge in [-0.15, -0.1) is 24.0 Å². The molecular formula is C20H29IN4O. The molecule has 0 spiro atoms. The first-order chi connectivity index (χ1) is 12.2. The summed E-state index contributed by atoms with van der Waals surface area (Å²) in [4.78, 5) is 8.87. The van der Waals surface area contributed by atoms with Crippen LogP contribution in [0, 0.1) is 5.41 Å². The average molecular weight is 468 g/mol. The molecule has 1 aromatic heterocycles. The summed E-state index contributed by atoms with van der Waals surface area (Å²) in [7, 11) is 1.81. The highest BCUT2D eigenvalue weighted by Gasteiger charge is 2.31. The highest BCUT2D eigenvalue weighted by molar-refractivity contribution is 14.0. The van der Waals surface area contributed by atoms with Crippen LogP contribution >= 0.6 is 24.0 Å². The third-order valence-corrected chi connectivity index (χ3v) is 5.28. The monoisotopic (exact) mass is 468 g/mol. The topological polar surface area (TPSA) is 62.5 Å². The number of halogens is 1. The largest absolute Gasteiger partial charge is 0.444 e. The smallest absolute Gasteiger partial charge is 0.226 e. The van der Waals surface area contributed by atoms with E-state index in [1.807, 2.05) is 30.3 Å². The maximum absolute atomic E-state index is 5.58. The number of benzene rings is 1. The van der Waals surface area contributed by atoms with Crippen LogP contribution in [0.2, 0.25) is 0 Å². The molecule has 2 aromatic rings. The van der Waals surface area contributed by atoms with E-state index < -0.39 is 0 Å². The minimum absolute atomic E-state index is 0. The van der Waals surface area contributed by atoms with Crippen molar-refractivity contribution in [2.45, 2.75) is 45.6 Å². The van der Waals surface area contributed by atoms with Gasteiger partial charge < -0.3 is 15.1 Å². The lowest BCUT2D eigenvalue weighted by atomic mass is 9.83. The number of aliphatic imine (C=N–C) groups is 1. The first kappa shape index (κ1) is 20.7. The van der Waals surface area contributed by atoms with Crippen molar-refractivity contribution in [3.8, 4) is 11.5 Å². The van der Waals surface area contributed by atoms with E-state index in [1.54, 1.807) is 13.3 Å². The maximum Gasteiger partial charge on any atom is 0.226 e. The molecule has 0 atom stereocenters. The normalized spacial score (nSPS) is 16.2. The van der Waals surface area contributed by atoms with Gasteiger partial charge in [-0.2, -0.15) is 0 Å². The van der Waals surface area contributed by atoms with Crippen LogP contribution in [0.15, 0.2) is 46.0 Å². The van der Waals surface area contributed by atoms with E-state index >= 15 is 0 Å². The first-order valence-electron chi connectivity index (χ1n) is 9.19. The molecule has 0 aliphatic heterocycles. The lowest BCUT2D eigenvalue weighted by Gasteiger charge is -2.28. The van der Waals surface area contributed by atoms with Crippen molar-refractivity contribution in [1.82, 2.24) is 15.6 Å². The molecule has 6 heteroatoms. The molecule has 1 aliphatic carbocycles. The van der Waals surface area contributed by atoms with Gasteiger partial charge in [0.1, 0.15) is 6.26 Å². The standard InChI is InChI=1S/C20H28N4O.HI/c1-3-20(11-7-8-12-20)15-23-19(21-2)22-13-17-14-25-18(24-17)16-9-5-4-6-10-16;/h4-6,9-10,14H,3,7-8,11-13,15H2,1-2H3,(H2,21,22,23);1H. The minimum atomic E-state index is 0. The molecule has 1 fully saturated rings. The maximum atomic E-state index is 5.58. The molecule has 0 unspecified atom stereocenters. The van der Waals surface area contributed by atoms with Crippen LogP contribution in [0.25, 0.3) is 11.5 Å². The van der Waals surface area contributed by atoms with Crippen LogP contribution in [0.5, 0.6) is 0 Å². The van der Waals surface area contributed by atoms with E-state index in [0.29, 0.717) is 17.9 Å². The number of nitrogens with zero attached hydrogens (tertiary/aromatic N) is 2. The molecule has 142 valence electrons. The molecule has 26 heavy (non-hydrogen) atoms. The second-order valence-corrected chi connectivity index (χ2v) is 6.85. The van der Waals surface area contributed by atoms with Crippen molar-refractivity contribution in [2.75, 3.05) is 13.6 Å². The van der Waals surface area contributed by atoms with Crippen molar-refractivity contribution in [1.29, 1.82) is 0 Å².